The van der Waals surface area contributed by atoms with Crippen LogP contribution in [0.15, 0.2) is 0 Å². The highest BCUT2D eigenvalue weighted by atomic mass is 32.1. The molecule has 2 saturated carbocycles. The van der Waals surface area contributed by atoms with Crippen molar-refractivity contribution in [1.82, 2.24) is 5.32 Å². The van der Waals surface area contributed by atoms with Gasteiger partial charge in [-0.15, -0.1) is 11.3 Å². The average molecular weight is 362 g/mol. The Morgan fingerprint density at radius 2 is 1.88 bits per heavy atom. The number of nitrogens with one attached hydrogen (secondary N) is 2. The number of rotatable bonds is 6. The van der Waals surface area contributed by atoms with Gasteiger partial charge in [-0.05, 0) is 56.4 Å². The smallest absolute Gasteiger partial charge is 0.311 e. The minimum Gasteiger partial charge on any atom is -0.481 e. The van der Waals surface area contributed by atoms with E-state index in [0.29, 0.717) is 35.9 Å². The molecule has 1 aromatic rings. The van der Waals surface area contributed by atoms with Crippen LogP contribution in [0, 0.1) is 11.8 Å². The van der Waals surface area contributed by atoms with Crippen molar-refractivity contribution in [1.29, 1.82) is 0 Å². The summed E-state index contributed by atoms with van der Waals surface area (Å²) in [5.41, 5.74) is 1.32. The number of carbonyl (C=O) groups excluding carboxylic acids is 2. The maximum Gasteiger partial charge on any atom is 0.311 e. The number of carbonyl (C=O) groups is 3. The van der Waals surface area contributed by atoms with E-state index < -0.39 is 11.9 Å². The fraction of sp³-hybridized carbons (Fsp3) is 0.611. The van der Waals surface area contributed by atoms with Crippen molar-refractivity contribution in [3.63, 3.8) is 0 Å². The van der Waals surface area contributed by atoms with Gasteiger partial charge in [-0.1, -0.05) is 0 Å². The second kappa shape index (κ2) is 6.44. The van der Waals surface area contributed by atoms with Crippen LogP contribution >= 0.6 is 11.3 Å². The molecule has 1 atom stereocenters. The largest absolute Gasteiger partial charge is 0.481 e. The molecule has 2 amide bonds. The molecular weight excluding hydrogens is 340 g/mol. The van der Waals surface area contributed by atoms with E-state index in [-0.39, 0.29) is 17.7 Å². The lowest BCUT2D eigenvalue weighted by molar-refractivity contribution is -0.139. The van der Waals surface area contributed by atoms with Crippen molar-refractivity contribution >= 4 is 34.1 Å². The molecule has 6 nitrogen and oxygen atoms in total. The molecule has 0 saturated heterocycles. The fourth-order valence-corrected chi connectivity index (χ4v) is 4.77. The predicted molar refractivity (Wildman–Crippen MR) is 94.0 cm³/mol. The minimum absolute atomic E-state index is 0.0387. The highest BCUT2D eigenvalue weighted by Gasteiger charge is 2.36. The fourth-order valence-electron chi connectivity index (χ4n) is 3.40. The first-order chi connectivity index (χ1) is 12.0. The third-order valence-electron chi connectivity index (χ3n) is 5.23. The maximum absolute atomic E-state index is 12.8. The van der Waals surface area contributed by atoms with Crippen LogP contribution in [0.25, 0.3) is 0 Å². The number of hydrogen-bond acceptors (Lipinski definition) is 4. The molecule has 134 valence electrons. The summed E-state index contributed by atoms with van der Waals surface area (Å²) in [5, 5.41) is 15.9. The first-order valence-electron chi connectivity index (χ1n) is 9.02. The second-order valence-electron chi connectivity index (χ2n) is 7.35. The average Bonchev–Trinajstić information content (AvgIpc) is 3.48. The zero-order valence-corrected chi connectivity index (χ0v) is 14.8. The summed E-state index contributed by atoms with van der Waals surface area (Å²) in [6.07, 6.45) is 6.10. The summed E-state index contributed by atoms with van der Waals surface area (Å²) in [6, 6.07) is 0. The minimum atomic E-state index is -0.854. The third-order valence-corrected chi connectivity index (χ3v) is 6.49. The third kappa shape index (κ3) is 3.42. The van der Waals surface area contributed by atoms with Gasteiger partial charge >= 0.3 is 5.97 Å². The summed E-state index contributed by atoms with van der Waals surface area (Å²) in [6.45, 7) is 0.655. The molecule has 1 heterocycles. The molecule has 3 aliphatic rings. The van der Waals surface area contributed by atoms with Crippen LogP contribution < -0.4 is 10.6 Å². The van der Waals surface area contributed by atoms with Gasteiger partial charge < -0.3 is 15.7 Å². The summed E-state index contributed by atoms with van der Waals surface area (Å²) in [4.78, 5) is 37.3. The normalized spacial score (nSPS) is 22.2. The standard InChI is InChI=1S/C18H22N2O4S/c21-15(10-6-7-10)20-17-13(16(22)19-8-9-4-5-9)11-2-1-3-12(18(23)24)14(11)25-17/h9-10,12H,1-8H2,(H,19,22)(H,20,21)(H,23,24). The van der Waals surface area contributed by atoms with E-state index in [1.807, 2.05) is 0 Å². The Kier molecular flexibility index (Phi) is 4.27. The van der Waals surface area contributed by atoms with Crippen LogP contribution in [0.4, 0.5) is 5.00 Å². The molecule has 2 fully saturated rings. The first-order valence-corrected chi connectivity index (χ1v) is 9.83. The van der Waals surface area contributed by atoms with Crippen molar-refractivity contribution in [2.45, 2.75) is 50.9 Å². The zero-order chi connectivity index (χ0) is 17.6. The molecule has 0 aliphatic heterocycles. The van der Waals surface area contributed by atoms with Crippen LogP contribution in [-0.4, -0.2) is 29.4 Å². The van der Waals surface area contributed by atoms with Crippen molar-refractivity contribution in [3.05, 3.63) is 16.0 Å². The quantitative estimate of drug-likeness (QED) is 0.725. The molecular formula is C18H22N2O4S. The van der Waals surface area contributed by atoms with Crippen LogP contribution in [0.1, 0.15) is 65.2 Å². The molecule has 0 aromatic carbocycles. The van der Waals surface area contributed by atoms with E-state index in [1.54, 1.807) is 0 Å². The highest BCUT2D eigenvalue weighted by Crippen LogP contribution is 2.44. The Bertz CT molecular complexity index is 734. The predicted octanol–water partition coefficient (Wildman–Crippen LogP) is 2.74. The van der Waals surface area contributed by atoms with E-state index in [9.17, 15) is 19.5 Å². The SMILES string of the molecule is O=C(NCC1CC1)c1c(NC(=O)C2CC2)sc2c1CCCC2C(=O)O. The van der Waals surface area contributed by atoms with Gasteiger partial charge in [-0.25, -0.2) is 0 Å². The molecule has 4 rings (SSSR count). The summed E-state index contributed by atoms with van der Waals surface area (Å²) in [5.74, 6) is -1.06. The maximum atomic E-state index is 12.8. The molecule has 0 bridgehead atoms. The van der Waals surface area contributed by atoms with Gasteiger partial charge in [0.05, 0.1) is 11.5 Å². The lowest BCUT2D eigenvalue weighted by atomic mass is 9.87. The van der Waals surface area contributed by atoms with Crippen LogP contribution in [0.3, 0.4) is 0 Å². The molecule has 7 heteroatoms. The highest BCUT2D eigenvalue weighted by molar-refractivity contribution is 7.17. The number of amides is 2. The molecule has 1 unspecified atom stereocenters. The van der Waals surface area contributed by atoms with Crippen molar-refractivity contribution < 1.29 is 19.5 Å². The van der Waals surface area contributed by atoms with Crippen molar-refractivity contribution in [3.8, 4) is 0 Å². The van der Waals surface area contributed by atoms with Gasteiger partial charge in [0.15, 0.2) is 0 Å². The number of fused-ring (bicyclic) bond motifs is 1. The van der Waals surface area contributed by atoms with Gasteiger partial charge in [0.25, 0.3) is 5.91 Å². The van der Waals surface area contributed by atoms with Gasteiger partial charge in [0.2, 0.25) is 5.91 Å². The van der Waals surface area contributed by atoms with Gasteiger partial charge in [-0.2, -0.15) is 0 Å². The van der Waals surface area contributed by atoms with Crippen LogP contribution in [-0.2, 0) is 16.0 Å². The number of hydrogen-bond donors (Lipinski definition) is 3. The summed E-state index contributed by atoms with van der Waals surface area (Å²) >= 11 is 1.28. The molecule has 0 spiro atoms. The zero-order valence-electron chi connectivity index (χ0n) is 14.0. The summed E-state index contributed by atoms with van der Waals surface area (Å²) < 4.78 is 0. The Morgan fingerprint density at radius 1 is 1.12 bits per heavy atom. The van der Waals surface area contributed by atoms with Crippen LogP contribution in [0.5, 0.6) is 0 Å². The number of carboxylic acid groups (broad SMARTS) is 1. The topological polar surface area (TPSA) is 95.5 Å². The number of aliphatic carboxylic acids is 1. The van der Waals surface area contributed by atoms with Gasteiger partial charge in [-0.3, -0.25) is 14.4 Å². The van der Waals surface area contributed by atoms with E-state index >= 15 is 0 Å². The molecule has 0 radical (unpaired) electrons. The van der Waals surface area contributed by atoms with E-state index in [1.165, 1.54) is 11.3 Å². The number of carboxylic acids is 1. The van der Waals surface area contributed by atoms with Crippen LogP contribution in [0.2, 0.25) is 0 Å². The lowest BCUT2D eigenvalue weighted by Gasteiger charge is -2.19. The van der Waals surface area contributed by atoms with Gasteiger partial charge in [0, 0.05) is 17.3 Å². The Hall–Kier alpha value is -1.89. The van der Waals surface area contributed by atoms with E-state index in [4.69, 9.17) is 0 Å². The number of thiophene rings is 1. The molecule has 1 aromatic heterocycles. The monoisotopic (exact) mass is 362 g/mol. The van der Waals surface area contributed by atoms with Crippen molar-refractivity contribution in [2.24, 2.45) is 11.8 Å². The van der Waals surface area contributed by atoms with E-state index in [0.717, 1.165) is 42.5 Å². The van der Waals surface area contributed by atoms with Gasteiger partial charge in [0.1, 0.15) is 5.00 Å². The van der Waals surface area contributed by atoms with Crippen molar-refractivity contribution in [2.75, 3.05) is 11.9 Å². The second-order valence-corrected chi connectivity index (χ2v) is 8.40. The molecule has 25 heavy (non-hydrogen) atoms. The Morgan fingerprint density at radius 3 is 2.52 bits per heavy atom. The Labute approximate surface area is 150 Å². The first kappa shape index (κ1) is 16.6. The Balaban J connectivity index is 1.65. The van der Waals surface area contributed by atoms with E-state index in [2.05, 4.69) is 10.6 Å². The molecule has 3 N–H and O–H groups in total. The summed E-state index contributed by atoms with van der Waals surface area (Å²) in [7, 11) is 0. The lowest BCUT2D eigenvalue weighted by Crippen LogP contribution is -2.28. The molecule has 3 aliphatic carbocycles. The number of anilines is 1.